The van der Waals surface area contributed by atoms with E-state index < -0.39 is 0 Å². The molecule has 0 heterocycles. The zero-order chi connectivity index (χ0) is 15.6. The Morgan fingerprint density at radius 3 is 2.52 bits per heavy atom. The molecular weight excluding hydrogens is 265 g/mol. The van der Waals surface area contributed by atoms with Gasteiger partial charge in [0.25, 0.3) is 0 Å². The predicted molar refractivity (Wildman–Crippen MR) is 84.8 cm³/mol. The molecule has 4 atom stereocenters. The maximum absolute atomic E-state index is 14.2. The Kier molecular flexibility index (Phi) is 5.26. The van der Waals surface area contributed by atoms with Crippen molar-refractivity contribution in [2.45, 2.75) is 59.1 Å². The average molecular weight is 293 g/mol. The second-order valence-electron chi connectivity index (χ2n) is 6.96. The fraction of sp³-hybridized carbons (Fsp3) is 0.667. The number of benzene rings is 1. The Balaban J connectivity index is 2.15. The molecule has 21 heavy (non-hydrogen) atoms. The summed E-state index contributed by atoms with van der Waals surface area (Å²) in [6, 6.07) is 4.92. The van der Waals surface area contributed by atoms with Gasteiger partial charge in [-0.1, -0.05) is 33.3 Å². The fourth-order valence-corrected chi connectivity index (χ4v) is 3.31. The molecule has 118 valence electrons. The third-order valence-corrected chi connectivity index (χ3v) is 4.72. The second-order valence-corrected chi connectivity index (χ2v) is 6.96. The molecule has 0 bridgehead atoms. The van der Waals surface area contributed by atoms with Crippen molar-refractivity contribution in [2.75, 3.05) is 0 Å². The van der Waals surface area contributed by atoms with E-state index >= 15 is 0 Å². The predicted octanol–water partition coefficient (Wildman–Crippen LogP) is 4.69. The normalized spacial score (nSPS) is 27.7. The van der Waals surface area contributed by atoms with Gasteiger partial charge in [0.2, 0.25) is 0 Å². The summed E-state index contributed by atoms with van der Waals surface area (Å²) in [6.07, 6.45) is 3.54. The van der Waals surface area contributed by atoms with Gasteiger partial charge in [0.15, 0.2) is 11.6 Å². The lowest BCUT2D eigenvalue weighted by molar-refractivity contribution is 0.0431. The van der Waals surface area contributed by atoms with Crippen LogP contribution in [0.4, 0.5) is 4.39 Å². The molecule has 0 amide bonds. The van der Waals surface area contributed by atoms with Crippen LogP contribution in [0.15, 0.2) is 18.2 Å². The number of hydrogen-bond acceptors (Lipinski definition) is 2. The summed E-state index contributed by atoms with van der Waals surface area (Å²) in [5.41, 5.74) is 6.59. The number of rotatable bonds is 4. The molecule has 3 heteroatoms. The zero-order valence-corrected chi connectivity index (χ0v) is 13.6. The van der Waals surface area contributed by atoms with Gasteiger partial charge in [-0.2, -0.15) is 0 Å². The molecule has 2 rings (SSSR count). The van der Waals surface area contributed by atoms with E-state index in [4.69, 9.17) is 10.5 Å². The molecule has 1 aliphatic carbocycles. The van der Waals surface area contributed by atoms with E-state index in [0.717, 1.165) is 12.0 Å². The highest BCUT2D eigenvalue weighted by molar-refractivity contribution is 5.31. The van der Waals surface area contributed by atoms with Gasteiger partial charge in [0.05, 0.1) is 0 Å². The molecule has 0 radical (unpaired) electrons. The van der Waals surface area contributed by atoms with Crippen LogP contribution in [-0.2, 0) is 0 Å². The van der Waals surface area contributed by atoms with Crippen LogP contribution in [-0.4, -0.2) is 6.10 Å². The van der Waals surface area contributed by atoms with Crippen molar-refractivity contribution >= 4 is 0 Å². The van der Waals surface area contributed by atoms with Crippen LogP contribution in [0.25, 0.3) is 0 Å². The van der Waals surface area contributed by atoms with Crippen LogP contribution in [0.5, 0.6) is 5.75 Å². The Labute approximate surface area is 127 Å². The van der Waals surface area contributed by atoms with Crippen molar-refractivity contribution in [3.8, 4) is 5.75 Å². The topological polar surface area (TPSA) is 35.2 Å². The number of hydrogen-bond donors (Lipinski definition) is 1. The third kappa shape index (κ3) is 3.97. The molecule has 1 aromatic rings. The van der Waals surface area contributed by atoms with Gasteiger partial charge in [-0.05, 0) is 55.2 Å². The summed E-state index contributed by atoms with van der Waals surface area (Å²) in [5, 5.41) is 0. The van der Waals surface area contributed by atoms with Crippen LogP contribution >= 0.6 is 0 Å². The molecule has 3 unspecified atom stereocenters. The van der Waals surface area contributed by atoms with Gasteiger partial charge in [0, 0.05) is 6.04 Å². The van der Waals surface area contributed by atoms with E-state index in [9.17, 15) is 4.39 Å². The largest absolute Gasteiger partial charge is 0.487 e. The van der Waals surface area contributed by atoms with Crippen LogP contribution < -0.4 is 10.5 Å². The van der Waals surface area contributed by atoms with Crippen molar-refractivity contribution in [1.29, 1.82) is 0 Å². The summed E-state index contributed by atoms with van der Waals surface area (Å²) in [5.74, 6) is 1.79. The SMILES string of the molecule is CC1CCC(C(C)C)C(Oc2ccc([C@H](C)N)cc2F)C1. The van der Waals surface area contributed by atoms with Gasteiger partial charge < -0.3 is 10.5 Å². The summed E-state index contributed by atoms with van der Waals surface area (Å²) < 4.78 is 20.3. The maximum Gasteiger partial charge on any atom is 0.165 e. The van der Waals surface area contributed by atoms with Crippen LogP contribution in [0.3, 0.4) is 0 Å². The van der Waals surface area contributed by atoms with E-state index in [0.29, 0.717) is 23.5 Å². The maximum atomic E-state index is 14.2. The molecule has 1 aliphatic rings. The lowest BCUT2D eigenvalue weighted by Gasteiger charge is -2.37. The fourth-order valence-electron chi connectivity index (χ4n) is 3.31. The summed E-state index contributed by atoms with van der Waals surface area (Å²) in [4.78, 5) is 0. The molecule has 0 aliphatic heterocycles. The van der Waals surface area contributed by atoms with Gasteiger partial charge >= 0.3 is 0 Å². The molecule has 0 aromatic heterocycles. The Morgan fingerprint density at radius 1 is 1.24 bits per heavy atom. The van der Waals surface area contributed by atoms with Crippen molar-refractivity contribution in [2.24, 2.45) is 23.5 Å². The lowest BCUT2D eigenvalue weighted by atomic mass is 9.75. The minimum atomic E-state index is -0.300. The quantitative estimate of drug-likeness (QED) is 0.874. The first-order chi connectivity index (χ1) is 9.88. The standard InChI is InChI=1S/C18H28FNO/c1-11(2)15-7-5-12(3)9-18(15)21-17-8-6-14(13(4)20)10-16(17)19/h6,8,10-13,15,18H,5,7,9,20H2,1-4H3/t12?,13-,15?,18?/m0/s1. The molecule has 0 saturated heterocycles. The minimum absolute atomic E-state index is 0.115. The van der Waals surface area contributed by atoms with Crippen molar-refractivity contribution in [3.63, 3.8) is 0 Å². The van der Waals surface area contributed by atoms with Gasteiger partial charge in [0.1, 0.15) is 6.10 Å². The van der Waals surface area contributed by atoms with Crippen LogP contribution in [0, 0.1) is 23.6 Å². The highest BCUT2D eigenvalue weighted by Crippen LogP contribution is 2.36. The van der Waals surface area contributed by atoms with Crippen molar-refractivity contribution in [3.05, 3.63) is 29.6 Å². The molecule has 2 N–H and O–H groups in total. The van der Waals surface area contributed by atoms with Crippen molar-refractivity contribution in [1.82, 2.24) is 0 Å². The monoisotopic (exact) mass is 293 g/mol. The van der Waals surface area contributed by atoms with Gasteiger partial charge in [-0.3, -0.25) is 0 Å². The minimum Gasteiger partial charge on any atom is -0.487 e. The lowest BCUT2D eigenvalue weighted by Crippen LogP contribution is -2.36. The molecule has 1 fully saturated rings. The first kappa shape index (κ1) is 16.3. The molecule has 1 aromatic carbocycles. The Morgan fingerprint density at radius 2 is 1.95 bits per heavy atom. The highest BCUT2D eigenvalue weighted by Gasteiger charge is 2.32. The second kappa shape index (κ2) is 6.78. The van der Waals surface area contributed by atoms with Crippen molar-refractivity contribution < 1.29 is 9.13 Å². The van der Waals surface area contributed by atoms with E-state index in [-0.39, 0.29) is 18.0 Å². The van der Waals surface area contributed by atoms with E-state index in [2.05, 4.69) is 20.8 Å². The van der Waals surface area contributed by atoms with Crippen LogP contribution in [0.1, 0.15) is 58.6 Å². The molecule has 2 nitrogen and oxygen atoms in total. The summed E-state index contributed by atoms with van der Waals surface area (Å²) >= 11 is 0. The third-order valence-electron chi connectivity index (χ3n) is 4.72. The van der Waals surface area contributed by atoms with E-state index in [1.807, 2.05) is 13.0 Å². The number of ether oxygens (including phenoxy) is 1. The number of nitrogens with two attached hydrogens (primary N) is 1. The average Bonchev–Trinajstić information content (AvgIpc) is 2.40. The first-order valence-electron chi connectivity index (χ1n) is 8.10. The molecule has 1 saturated carbocycles. The van der Waals surface area contributed by atoms with Crippen LogP contribution in [0.2, 0.25) is 0 Å². The van der Waals surface area contributed by atoms with Gasteiger partial charge in [-0.15, -0.1) is 0 Å². The molecule has 0 spiro atoms. The van der Waals surface area contributed by atoms with E-state index in [1.54, 1.807) is 6.07 Å². The first-order valence-corrected chi connectivity index (χ1v) is 8.10. The molecular formula is C18H28FNO. The number of halogens is 1. The van der Waals surface area contributed by atoms with Gasteiger partial charge in [-0.25, -0.2) is 4.39 Å². The highest BCUT2D eigenvalue weighted by atomic mass is 19.1. The summed E-state index contributed by atoms with van der Waals surface area (Å²) in [7, 11) is 0. The van der Waals surface area contributed by atoms with E-state index in [1.165, 1.54) is 18.9 Å². The zero-order valence-electron chi connectivity index (χ0n) is 13.6. The smallest absolute Gasteiger partial charge is 0.165 e. The summed E-state index contributed by atoms with van der Waals surface area (Å²) in [6.45, 7) is 8.56. The Bertz CT molecular complexity index is 472. The Hall–Kier alpha value is -1.09.